The minimum absolute atomic E-state index is 0.409. The molecule has 0 bridgehead atoms. The molecule has 0 aliphatic rings. The summed E-state index contributed by atoms with van der Waals surface area (Å²) >= 11 is 0. The second kappa shape index (κ2) is 5.96. The van der Waals surface area contributed by atoms with Crippen LogP contribution in [0, 0.1) is 13.8 Å². The van der Waals surface area contributed by atoms with Crippen molar-refractivity contribution in [2.24, 2.45) is 7.05 Å². The number of aromatic nitrogens is 2. The van der Waals surface area contributed by atoms with Crippen molar-refractivity contribution in [2.75, 3.05) is 19.0 Å². The molecule has 1 unspecified atom stereocenters. The second-order valence-corrected chi connectivity index (χ2v) is 4.94. The zero-order chi connectivity index (χ0) is 14.7. The number of methoxy groups -OCH3 is 1. The fraction of sp³-hybridized carbons (Fsp3) is 0.400. The molecule has 0 fully saturated rings. The standard InChI is InChI=1S/C15H21N3O2/c1-10-5-6-15(20-4)12(7-10)14(19)8-16-13-9-18(3)17-11(13)2/h5-7,9,14,16,19H,8H2,1-4H3. The van der Waals surface area contributed by atoms with E-state index in [2.05, 4.69) is 10.4 Å². The van der Waals surface area contributed by atoms with Gasteiger partial charge in [-0.3, -0.25) is 4.68 Å². The van der Waals surface area contributed by atoms with Gasteiger partial charge in [0.15, 0.2) is 0 Å². The Morgan fingerprint density at radius 1 is 1.40 bits per heavy atom. The van der Waals surface area contributed by atoms with Gasteiger partial charge >= 0.3 is 0 Å². The summed E-state index contributed by atoms with van der Waals surface area (Å²) in [6.45, 7) is 4.34. The number of aliphatic hydroxyl groups excluding tert-OH is 1. The summed E-state index contributed by atoms with van der Waals surface area (Å²) in [5, 5.41) is 17.8. The van der Waals surface area contributed by atoms with E-state index in [1.54, 1.807) is 11.8 Å². The third-order valence-electron chi connectivity index (χ3n) is 3.24. The van der Waals surface area contributed by atoms with Crippen LogP contribution in [-0.4, -0.2) is 28.5 Å². The molecule has 0 amide bonds. The largest absolute Gasteiger partial charge is 0.496 e. The Hall–Kier alpha value is -2.01. The number of anilines is 1. The average molecular weight is 275 g/mol. The van der Waals surface area contributed by atoms with Gasteiger partial charge in [-0.1, -0.05) is 11.6 Å². The van der Waals surface area contributed by atoms with Crippen LogP contribution in [-0.2, 0) is 7.05 Å². The van der Waals surface area contributed by atoms with Gasteiger partial charge < -0.3 is 15.2 Å². The molecule has 1 aromatic carbocycles. The zero-order valence-electron chi connectivity index (χ0n) is 12.3. The predicted molar refractivity (Wildman–Crippen MR) is 79.1 cm³/mol. The van der Waals surface area contributed by atoms with Crippen LogP contribution < -0.4 is 10.1 Å². The maximum atomic E-state index is 10.3. The van der Waals surface area contributed by atoms with E-state index >= 15 is 0 Å². The van der Waals surface area contributed by atoms with Gasteiger partial charge in [-0.2, -0.15) is 5.10 Å². The molecule has 0 spiro atoms. The first kappa shape index (κ1) is 14.4. The van der Waals surface area contributed by atoms with E-state index in [0.29, 0.717) is 12.3 Å². The molecule has 0 aliphatic heterocycles. The molecule has 20 heavy (non-hydrogen) atoms. The van der Waals surface area contributed by atoms with Crippen molar-refractivity contribution >= 4 is 5.69 Å². The van der Waals surface area contributed by atoms with Crippen LogP contribution in [0.4, 0.5) is 5.69 Å². The number of nitrogens with zero attached hydrogens (tertiary/aromatic N) is 2. The van der Waals surface area contributed by atoms with E-state index in [-0.39, 0.29) is 0 Å². The van der Waals surface area contributed by atoms with Crippen LogP contribution in [0.25, 0.3) is 0 Å². The Labute approximate surface area is 119 Å². The van der Waals surface area contributed by atoms with Gasteiger partial charge in [-0.15, -0.1) is 0 Å². The Bertz CT molecular complexity index is 593. The molecule has 108 valence electrons. The summed E-state index contributed by atoms with van der Waals surface area (Å²) < 4.78 is 7.04. The van der Waals surface area contributed by atoms with E-state index in [9.17, 15) is 5.11 Å². The number of hydrogen-bond acceptors (Lipinski definition) is 4. The molecule has 0 radical (unpaired) electrons. The normalized spacial score (nSPS) is 12.2. The van der Waals surface area contributed by atoms with Crippen LogP contribution in [0.2, 0.25) is 0 Å². The lowest BCUT2D eigenvalue weighted by Gasteiger charge is -2.16. The third kappa shape index (κ3) is 3.11. The summed E-state index contributed by atoms with van der Waals surface area (Å²) in [5.74, 6) is 0.702. The molecule has 5 heteroatoms. The highest BCUT2D eigenvalue weighted by atomic mass is 16.5. The molecule has 1 atom stereocenters. The lowest BCUT2D eigenvalue weighted by atomic mass is 10.1. The highest BCUT2D eigenvalue weighted by Crippen LogP contribution is 2.26. The van der Waals surface area contributed by atoms with Gasteiger partial charge in [-0.25, -0.2) is 0 Å². The molecular weight excluding hydrogens is 254 g/mol. The van der Waals surface area contributed by atoms with E-state index in [1.165, 1.54) is 0 Å². The molecule has 0 aliphatic carbocycles. The molecule has 2 rings (SSSR count). The predicted octanol–water partition coefficient (Wildman–Crippen LogP) is 2.19. The summed E-state index contributed by atoms with van der Waals surface area (Å²) in [6, 6.07) is 5.79. The molecule has 1 aromatic heterocycles. The number of hydrogen-bond donors (Lipinski definition) is 2. The fourth-order valence-electron chi connectivity index (χ4n) is 2.20. The number of ether oxygens (including phenoxy) is 1. The van der Waals surface area contributed by atoms with Crippen molar-refractivity contribution in [3.8, 4) is 5.75 Å². The lowest BCUT2D eigenvalue weighted by molar-refractivity contribution is 0.187. The van der Waals surface area contributed by atoms with Crippen LogP contribution in [0.5, 0.6) is 5.75 Å². The lowest BCUT2D eigenvalue weighted by Crippen LogP contribution is -2.13. The number of aliphatic hydroxyl groups is 1. The fourth-order valence-corrected chi connectivity index (χ4v) is 2.20. The average Bonchev–Trinajstić information content (AvgIpc) is 2.74. The first-order valence-corrected chi connectivity index (χ1v) is 6.58. The summed E-state index contributed by atoms with van der Waals surface area (Å²) in [5.41, 5.74) is 3.73. The Balaban J connectivity index is 2.10. The molecule has 2 N–H and O–H groups in total. The molecule has 1 heterocycles. The highest BCUT2D eigenvalue weighted by molar-refractivity contribution is 5.46. The highest BCUT2D eigenvalue weighted by Gasteiger charge is 2.14. The monoisotopic (exact) mass is 275 g/mol. The number of rotatable bonds is 5. The van der Waals surface area contributed by atoms with Crippen LogP contribution in [0.1, 0.15) is 22.9 Å². The molecule has 0 saturated carbocycles. The maximum absolute atomic E-state index is 10.3. The van der Waals surface area contributed by atoms with Crippen LogP contribution >= 0.6 is 0 Å². The van der Waals surface area contributed by atoms with Crippen molar-refractivity contribution in [1.29, 1.82) is 0 Å². The number of benzene rings is 1. The van der Waals surface area contributed by atoms with Gasteiger partial charge in [-0.05, 0) is 26.0 Å². The van der Waals surface area contributed by atoms with E-state index in [4.69, 9.17) is 4.74 Å². The van der Waals surface area contributed by atoms with Crippen LogP contribution in [0.3, 0.4) is 0 Å². The van der Waals surface area contributed by atoms with Crippen LogP contribution in [0.15, 0.2) is 24.4 Å². The van der Waals surface area contributed by atoms with E-state index in [0.717, 1.165) is 22.5 Å². The molecule has 0 saturated heterocycles. The van der Waals surface area contributed by atoms with E-state index in [1.807, 2.05) is 45.3 Å². The first-order chi connectivity index (χ1) is 9.51. The minimum atomic E-state index is -0.635. The molecule has 5 nitrogen and oxygen atoms in total. The second-order valence-electron chi connectivity index (χ2n) is 4.94. The van der Waals surface area contributed by atoms with Gasteiger partial charge in [0.25, 0.3) is 0 Å². The van der Waals surface area contributed by atoms with Gasteiger partial charge in [0, 0.05) is 25.4 Å². The summed E-state index contributed by atoms with van der Waals surface area (Å²) in [6.07, 6.45) is 1.26. The Morgan fingerprint density at radius 3 is 2.75 bits per heavy atom. The Morgan fingerprint density at radius 2 is 2.15 bits per heavy atom. The van der Waals surface area contributed by atoms with E-state index < -0.39 is 6.10 Å². The minimum Gasteiger partial charge on any atom is -0.496 e. The van der Waals surface area contributed by atoms with Gasteiger partial charge in [0.05, 0.1) is 24.6 Å². The van der Waals surface area contributed by atoms with Crippen molar-refractivity contribution in [1.82, 2.24) is 9.78 Å². The van der Waals surface area contributed by atoms with Crippen molar-refractivity contribution in [2.45, 2.75) is 20.0 Å². The van der Waals surface area contributed by atoms with Gasteiger partial charge in [0.2, 0.25) is 0 Å². The van der Waals surface area contributed by atoms with Crippen molar-refractivity contribution in [3.63, 3.8) is 0 Å². The number of nitrogens with one attached hydrogen (secondary N) is 1. The summed E-state index contributed by atoms with van der Waals surface area (Å²) in [7, 11) is 3.48. The van der Waals surface area contributed by atoms with Crippen molar-refractivity contribution in [3.05, 3.63) is 41.2 Å². The quantitative estimate of drug-likeness (QED) is 0.878. The smallest absolute Gasteiger partial charge is 0.124 e. The van der Waals surface area contributed by atoms with Crippen molar-refractivity contribution < 1.29 is 9.84 Å². The molecule has 2 aromatic rings. The SMILES string of the molecule is COc1ccc(C)cc1C(O)CNc1cn(C)nc1C. The van der Waals surface area contributed by atoms with Gasteiger partial charge in [0.1, 0.15) is 5.75 Å². The summed E-state index contributed by atoms with van der Waals surface area (Å²) in [4.78, 5) is 0. The first-order valence-electron chi connectivity index (χ1n) is 6.58. The number of aryl methyl sites for hydroxylation is 3. The topological polar surface area (TPSA) is 59.3 Å². The zero-order valence-corrected chi connectivity index (χ0v) is 12.3. The maximum Gasteiger partial charge on any atom is 0.124 e. The molecular formula is C15H21N3O2. The Kier molecular flexibility index (Phi) is 4.29. The third-order valence-corrected chi connectivity index (χ3v) is 3.24.